The van der Waals surface area contributed by atoms with E-state index in [9.17, 15) is 4.79 Å². The SMILES string of the molecule is C=CC(=O)NC[C@@H]1C[C@H](OC)CN1c1cc(C)ncn1. The van der Waals surface area contributed by atoms with Crippen molar-refractivity contribution in [1.29, 1.82) is 0 Å². The number of rotatable bonds is 5. The molecule has 0 aliphatic carbocycles. The molecule has 1 aliphatic heterocycles. The Kier molecular flexibility index (Phi) is 4.68. The molecule has 1 amide bonds. The number of carbonyl (C=O) groups is 1. The second kappa shape index (κ2) is 6.47. The Morgan fingerprint density at radius 1 is 1.65 bits per heavy atom. The molecule has 1 N–H and O–H groups in total. The van der Waals surface area contributed by atoms with Gasteiger partial charge in [-0.1, -0.05) is 6.58 Å². The molecule has 20 heavy (non-hydrogen) atoms. The lowest BCUT2D eigenvalue weighted by Crippen LogP contribution is -2.40. The topological polar surface area (TPSA) is 67.3 Å². The van der Waals surface area contributed by atoms with Crippen molar-refractivity contribution in [3.05, 3.63) is 30.7 Å². The minimum absolute atomic E-state index is 0.149. The van der Waals surface area contributed by atoms with Crippen LogP contribution < -0.4 is 10.2 Å². The average Bonchev–Trinajstić information content (AvgIpc) is 2.88. The van der Waals surface area contributed by atoms with Crippen molar-refractivity contribution in [1.82, 2.24) is 15.3 Å². The molecular formula is C14H20N4O2. The summed E-state index contributed by atoms with van der Waals surface area (Å²) in [5.41, 5.74) is 0.921. The second-order valence-corrected chi connectivity index (χ2v) is 4.87. The molecule has 108 valence electrons. The van der Waals surface area contributed by atoms with E-state index in [0.29, 0.717) is 6.54 Å². The van der Waals surface area contributed by atoms with Crippen LogP contribution in [-0.2, 0) is 9.53 Å². The van der Waals surface area contributed by atoms with Gasteiger partial charge in [-0.05, 0) is 19.4 Å². The Morgan fingerprint density at radius 3 is 3.10 bits per heavy atom. The summed E-state index contributed by atoms with van der Waals surface area (Å²) in [4.78, 5) is 21.9. The minimum Gasteiger partial charge on any atom is -0.380 e. The first-order valence-corrected chi connectivity index (χ1v) is 6.62. The summed E-state index contributed by atoms with van der Waals surface area (Å²) in [6, 6.07) is 2.11. The minimum atomic E-state index is -0.162. The van der Waals surface area contributed by atoms with Crippen LogP contribution in [-0.4, -0.2) is 48.2 Å². The highest BCUT2D eigenvalue weighted by molar-refractivity contribution is 5.86. The van der Waals surface area contributed by atoms with Gasteiger partial charge in [0.2, 0.25) is 5.91 Å². The monoisotopic (exact) mass is 276 g/mol. The normalized spacial score (nSPS) is 21.8. The molecule has 0 unspecified atom stereocenters. The highest BCUT2D eigenvalue weighted by Crippen LogP contribution is 2.25. The predicted molar refractivity (Wildman–Crippen MR) is 76.5 cm³/mol. The maximum absolute atomic E-state index is 11.3. The molecule has 6 nitrogen and oxygen atoms in total. The molecule has 0 spiro atoms. The van der Waals surface area contributed by atoms with E-state index >= 15 is 0 Å². The van der Waals surface area contributed by atoms with Gasteiger partial charge in [0.15, 0.2) is 0 Å². The standard InChI is InChI=1S/C14H20N4O2/c1-4-14(19)15-7-11-6-12(20-3)8-18(11)13-5-10(2)16-9-17-13/h4-5,9,11-12H,1,6-8H2,2-3H3,(H,15,19)/t11-,12-/m0/s1. The zero-order valence-corrected chi connectivity index (χ0v) is 11.9. The largest absolute Gasteiger partial charge is 0.380 e. The van der Waals surface area contributed by atoms with E-state index in [1.807, 2.05) is 13.0 Å². The van der Waals surface area contributed by atoms with E-state index in [2.05, 4.69) is 26.8 Å². The number of nitrogens with zero attached hydrogens (tertiary/aromatic N) is 3. The quantitative estimate of drug-likeness (QED) is 0.801. The van der Waals surface area contributed by atoms with E-state index < -0.39 is 0 Å². The van der Waals surface area contributed by atoms with Crippen LogP contribution in [0.4, 0.5) is 5.82 Å². The van der Waals surface area contributed by atoms with Gasteiger partial charge in [0, 0.05) is 32.0 Å². The molecule has 2 atom stereocenters. The number of amides is 1. The van der Waals surface area contributed by atoms with Crippen LogP contribution in [0.5, 0.6) is 0 Å². The highest BCUT2D eigenvalue weighted by atomic mass is 16.5. The van der Waals surface area contributed by atoms with E-state index in [1.54, 1.807) is 13.4 Å². The third-order valence-corrected chi connectivity index (χ3v) is 3.49. The van der Waals surface area contributed by atoms with Crippen molar-refractivity contribution in [2.24, 2.45) is 0 Å². The summed E-state index contributed by atoms with van der Waals surface area (Å²) in [5, 5.41) is 2.84. The molecule has 1 aromatic rings. The lowest BCUT2D eigenvalue weighted by Gasteiger charge is -2.25. The molecule has 2 heterocycles. The zero-order chi connectivity index (χ0) is 14.5. The number of methoxy groups -OCH3 is 1. The van der Waals surface area contributed by atoms with E-state index in [0.717, 1.165) is 24.5 Å². The van der Waals surface area contributed by atoms with Crippen LogP contribution >= 0.6 is 0 Å². The van der Waals surface area contributed by atoms with Crippen molar-refractivity contribution in [2.75, 3.05) is 25.1 Å². The summed E-state index contributed by atoms with van der Waals surface area (Å²) < 4.78 is 5.44. The van der Waals surface area contributed by atoms with E-state index in [-0.39, 0.29) is 18.1 Å². The van der Waals surface area contributed by atoms with Crippen molar-refractivity contribution >= 4 is 11.7 Å². The first-order valence-electron chi connectivity index (χ1n) is 6.62. The van der Waals surface area contributed by atoms with Crippen LogP contribution in [0, 0.1) is 6.92 Å². The maximum Gasteiger partial charge on any atom is 0.243 e. The Bertz CT molecular complexity index is 492. The van der Waals surface area contributed by atoms with Crippen LogP contribution in [0.1, 0.15) is 12.1 Å². The number of aromatic nitrogens is 2. The fraction of sp³-hybridized carbons (Fsp3) is 0.500. The van der Waals surface area contributed by atoms with Gasteiger partial charge in [0.1, 0.15) is 12.1 Å². The summed E-state index contributed by atoms with van der Waals surface area (Å²) in [6.45, 7) is 6.70. The highest BCUT2D eigenvalue weighted by Gasteiger charge is 2.33. The van der Waals surface area contributed by atoms with Crippen molar-refractivity contribution in [3.8, 4) is 0 Å². The number of hydrogen-bond acceptors (Lipinski definition) is 5. The van der Waals surface area contributed by atoms with Gasteiger partial charge < -0.3 is 15.0 Å². The van der Waals surface area contributed by atoms with Gasteiger partial charge in [0.05, 0.1) is 12.1 Å². The molecule has 1 aromatic heterocycles. The first-order chi connectivity index (χ1) is 9.63. The number of aryl methyl sites for hydroxylation is 1. The Hall–Kier alpha value is -1.95. The van der Waals surface area contributed by atoms with Gasteiger partial charge in [-0.25, -0.2) is 9.97 Å². The second-order valence-electron chi connectivity index (χ2n) is 4.87. The van der Waals surface area contributed by atoms with Crippen LogP contribution in [0.15, 0.2) is 25.0 Å². The summed E-state index contributed by atoms with van der Waals surface area (Å²) in [6.07, 6.45) is 3.85. The van der Waals surface area contributed by atoms with Crippen molar-refractivity contribution in [3.63, 3.8) is 0 Å². The molecule has 6 heteroatoms. The predicted octanol–water partition coefficient (Wildman–Crippen LogP) is 0.681. The van der Waals surface area contributed by atoms with Gasteiger partial charge in [-0.15, -0.1) is 0 Å². The zero-order valence-electron chi connectivity index (χ0n) is 11.9. The third kappa shape index (κ3) is 3.33. The Labute approximate surface area is 118 Å². The molecule has 0 radical (unpaired) electrons. The smallest absolute Gasteiger partial charge is 0.243 e. The van der Waals surface area contributed by atoms with Crippen LogP contribution in [0.3, 0.4) is 0 Å². The fourth-order valence-electron chi connectivity index (χ4n) is 2.41. The van der Waals surface area contributed by atoms with Gasteiger partial charge >= 0.3 is 0 Å². The van der Waals surface area contributed by atoms with Gasteiger partial charge in [0.25, 0.3) is 0 Å². The van der Waals surface area contributed by atoms with Crippen LogP contribution in [0.2, 0.25) is 0 Å². The molecule has 0 aromatic carbocycles. The van der Waals surface area contributed by atoms with Gasteiger partial charge in [-0.3, -0.25) is 4.79 Å². The number of nitrogens with one attached hydrogen (secondary N) is 1. The average molecular weight is 276 g/mol. The first kappa shape index (κ1) is 14.5. The summed E-state index contributed by atoms with van der Waals surface area (Å²) >= 11 is 0. The number of ether oxygens (including phenoxy) is 1. The van der Waals surface area contributed by atoms with Crippen molar-refractivity contribution in [2.45, 2.75) is 25.5 Å². The number of hydrogen-bond donors (Lipinski definition) is 1. The molecule has 1 saturated heterocycles. The summed E-state index contributed by atoms with van der Waals surface area (Å²) in [5.74, 6) is 0.708. The molecule has 1 aliphatic rings. The van der Waals surface area contributed by atoms with Crippen LogP contribution in [0.25, 0.3) is 0 Å². The molecule has 0 bridgehead atoms. The Balaban J connectivity index is 2.11. The van der Waals surface area contributed by atoms with E-state index in [1.165, 1.54) is 6.08 Å². The molecule has 1 fully saturated rings. The molecule has 2 rings (SSSR count). The van der Waals surface area contributed by atoms with Gasteiger partial charge in [-0.2, -0.15) is 0 Å². The van der Waals surface area contributed by atoms with E-state index in [4.69, 9.17) is 4.74 Å². The fourth-order valence-corrected chi connectivity index (χ4v) is 2.41. The number of anilines is 1. The maximum atomic E-state index is 11.3. The third-order valence-electron chi connectivity index (χ3n) is 3.49. The Morgan fingerprint density at radius 2 is 2.45 bits per heavy atom. The lowest BCUT2D eigenvalue weighted by atomic mass is 10.2. The van der Waals surface area contributed by atoms with Crippen molar-refractivity contribution < 1.29 is 9.53 Å². The molecular weight excluding hydrogens is 256 g/mol. The number of carbonyl (C=O) groups excluding carboxylic acids is 1. The lowest BCUT2D eigenvalue weighted by molar-refractivity contribution is -0.116. The summed E-state index contributed by atoms with van der Waals surface area (Å²) in [7, 11) is 1.71. The molecule has 0 saturated carbocycles.